The zero-order chi connectivity index (χ0) is 51.3. The van der Waals surface area contributed by atoms with Gasteiger partial charge in [0.2, 0.25) is 0 Å². The Kier molecular flexibility index (Phi) is 49.5. The molecule has 0 aromatic rings. The Morgan fingerprint density at radius 3 is 1.21 bits per heavy atom. The van der Waals surface area contributed by atoms with E-state index < -0.39 is 32.5 Å². The van der Waals surface area contributed by atoms with Crippen LogP contribution in [0.1, 0.15) is 245 Å². The molecule has 0 aromatic heterocycles. The van der Waals surface area contributed by atoms with E-state index in [-0.39, 0.29) is 26.1 Å². The standard InChI is InChI=1S/C60H108NO8P/c1-6-8-10-12-14-16-18-20-21-22-23-24-25-26-27-28-29-30-31-32-33-34-35-36-37-38-39-41-43-45-47-49-51-53-60(63)69-58(57-68-70(64,65)67-55-54-61(3,4)5)56-66-59(62)52-50-48-46-44-42-40-19-17-15-13-11-9-7-2/h8,10-11,13-14,16-17,19-21,23-24,58H,6-7,9,12,15,18,22,25-57H2,1-5H3/b10-8-,13-11-,16-14-,19-17-,21-20-,24-23-. The van der Waals surface area contributed by atoms with E-state index in [4.69, 9.17) is 18.5 Å². The molecule has 0 fully saturated rings. The first-order valence-corrected chi connectivity index (χ1v) is 30.1. The van der Waals surface area contributed by atoms with Gasteiger partial charge in [-0.3, -0.25) is 14.2 Å². The lowest BCUT2D eigenvalue weighted by molar-refractivity contribution is -0.870. The van der Waals surface area contributed by atoms with Gasteiger partial charge in [-0.1, -0.05) is 228 Å². The van der Waals surface area contributed by atoms with Gasteiger partial charge in [0.25, 0.3) is 7.82 Å². The number of nitrogens with zero attached hydrogens (tertiary/aromatic N) is 1. The summed E-state index contributed by atoms with van der Waals surface area (Å²) in [4.78, 5) is 37.7. The molecule has 2 unspecified atom stereocenters. The number of carbonyl (C=O) groups excluding carboxylic acids is 2. The van der Waals surface area contributed by atoms with Crippen LogP contribution in [-0.4, -0.2) is 70.0 Å². The molecule has 0 rings (SSSR count). The molecule has 0 aliphatic heterocycles. The van der Waals surface area contributed by atoms with E-state index in [0.29, 0.717) is 23.9 Å². The predicted octanol–water partition coefficient (Wildman–Crippen LogP) is 17.1. The van der Waals surface area contributed by atoms with Crippen molar-refractivity contribution in [1.29, 1.82) is 0 Å². The van der Waals surface area contributed by atoms with Gasteiger partial charge in [0.05, 0.1) is 27.7 Å². The zero-order valence-electron chi connectivity index (χ0n) is 46.0. The number of carbonyl (C=O) groups is 2. The first-order valence-electron chi connectivity index (χ1n) is 28.6. The number of rotatable bonds is 52. The fourth-order valence-electron chi connectivity index (χ4n) is 7.80. The molecule has 0 bridgehead atoms. The number of phosphoric acid groups is 1. The summed E-state index contributed by atoms with van der Waals surface area (Å²) < 4.78 is 34.1. The van der Waals surface area contributed by atoms with Crippen LogP contribution in [0.25, 0.3) is 0 Å². The summed E-state index contributed by atoms with van der Waals surface area (Å²) in [5, 5.41) is 0. The molecule has 9 nitrogen and oxygen atoms in total. The van der Waals surface area contributed by atoms with Gasteiger partial charge in [-0.15, -0.1) is 0 Å². The minimum Gasteiger partial charge on any atom is -0.756 e. The van der Waals surface area contributed by atoms with Crippen LogP contribution in [0.5, 0.6) is 0 Å². The van der Waals surface area contributed by atoms with Crippen molar-refractivity contribution in [3.8, 4) is 0 Å². The van der Waals surface area contributed by atoms with Gasteiger partial charge in [0.1, 0.15) is 19.8 Å². The predicted molar refractivity (Wildman–Crippen MR) is 296 cm³/mol. The number of phosphoric ester groups is 1. The quantitative estimate of drug-likeness (QED) is 0.0195. The fraction of sp³-hybridized carbons (Fsp3) is 0.767. The molecule has 0 amide bonds. The average Bonchev–Trinajstić information content (AvgIpc) is 3.32. The number of unbranched alkanes of at least 4 members (excludes halogenated alkanes) is 26. The third-order valence-corrected chi connectivity index (χ3v) is 13.2. The van der Waals surface area contributed by atoms with Crippen molar-refractivity contribution in [2.24, 2.45) is 0 Å². The van der Waals surface area contributed by atoms with Crippen LogP contribution >= 0.6 is 7.82 Å². The monoisotopic (exact) mass is 1000 g/mol. The average molecular weight is 1000 g/mol. The third kappa shape index (κ3) is 54.8. The maximum Gasteiger partial charge on any atom is 0.306 e. The molecule has 0 aliphatic carbocycles. The molecule has 0 spiro atoms. The second-order valence-electron chi connectivity index (χ2n) is 20.3. The van der Waals surface area contributed by atoms with Gasteiger partial charge < -0.3 is 27.9 Å². The molecule has 0 N–H and O–H groups in total. The molecule has 70 heavy (non-hydrogen) atoms. The highest BCUT2D eigenvalue weighted by Crippen LogP contribution is 2.38. The summed E-state index contributed by atoms with van der Waals surface area (Å²) in [6, 6.07) is 0. The molecule has 10 heteroatoms. The van der Waals surface area contributed by atoms with Crippen molar-refractivity contribution in [3.63, 3.8) is 0 Å². The van der Waals surface area contributed by atoms with Crippen LogP contribution in [0.4, 0.5) is 0 Å². The third-order valence-electron chi connectivity index (χ3n) is 12.2. The van der Waals surface area contributed by atoms with Crippen molar-refractivity contribution < 1.29 is 42.1 Å². The van der Waals surface area contributed by atoms with Crippen molar-refractivity contribution in [2.45, 2.75) is 251 Å². The van der Waals surface area contributed by atoms with E-state index >= 15 is 0 Å². The fourth-order valence-corrected chi connectivity index (χ4v) is 8.53. The summed E-state index contributed by atoms with van der Waals surface area (Å²) in [5.41, 5.74) is 0. The van der Waals surface area contributed by atoms with Gasteiger partial charge in [0, 0.05) is 12.8 Å². The van der Waals surface area contributed by atoms with Crippen LogP contribution in [0.15, 0.2) is 72.9 Å². The summed E-state index contributed by atoms with van der Waals surface area (Å²) >= 11 is 0. The molecule has 0 radical (unpaired) electrons. The molecule has 0 saturated heterocycles. The lowest BCUT2D eigenvalue weighted by Crippen LogP contribution is -2.37. The van der Waals surface area contributed by atoms with E-state index in [9.17, 15) is 19.0 Å². The summed E-state index contributed by atoms with van der Waals surface area (Å²) in [7, 11) is 1.16. The Labute approximate surface area is 431 Å². The second kappa shape index (κ2) is 51.4. The first kappa shape index (κ1) is 67.5. The largest absolute Gasteiger partial charge is 0.756 e. The molecule has 2 atom stereocenters. The zero-order valence-corrected chi connectivity index (χ0v) is 46.8. The minimum absolute atomic E-state index is 0.0341. The first-order chi connectivity index (χ1) is 34.0. The van der Waals surface area contributed by atoms with Crippen molar-refractivity contribution >= 4 is 19.8 Å². The molecule has 0 heterocycles. The maximum absolute atomic E-state index is 12.8. The van der Waals surface area contributed by atoms with Gasteiger partial charge in [-0.05, 0) is 77.0 Å². The summed E-state index contributed by atoms with van der Waals surface area (Å²) in [6.45, 7) is 4.05. The van der Waals surface area contributed by atoms with Crippen LogP contribution in [-0.2, 0) is 32.7 Å². The van der Waals surface area contributed by atoms with Crippen molar-refractivity contribution in [3.05, 3.63) is 72.9 Å². The van der Waals surface area contributed by atoms with Gasteiger partial charge in [-0.25, -0.2) is 0 Å². The Bertz CT molecular complexity index is 1410. The van der Waals surface area contributed by atoms with Gasteiger partial charge >= 0.3 is 11.9 Å². The topological polar surface area (TPSA) is 111 Å². The Morgan fingerprint density at radius 2 is 0.814 bits per heavy atom. The lowest BCUT2D eigenvalue weighted by Gasteiger charge is -2.28. The van der Waals surface area contributed by atoms with Crippen LogP contribution in [0.3, 0.4) is 0 Å². The summed E-state index contributed by atoms with van der Waals surface area (Å²) in [6.07, 6.45) is 66.8. The van der Waals surface area contributed by atoms with E-state index in [1.165, 1.54) is 116 Å². The number of allylic oxidation sites excluding steroid dienone is 12. The van der Waals surface area contributed by atoms with E-state index in [1.807, 2.05) is 21.1 Å². The molecular weight excluding hydrogens is 894 g/mol. The van der Waals surface area contributed by atoms with Crippen molar-refractivity contribution in [2.75, 3.05) is 47.5 Å². The Hall–Kier alpha value is -2.55. The highest BCUT2D eigenvalue weighted by Gasteiger charge is 2.21. The summed E-state index contributed by atoms with van der Waals surface area (Å²) in [5.74, 6) is -0.846. The molecule has 406 valence electrons. The Morgan fingerprint density at radius 1 is 0.457 bits per heavy atom. The molecule has 0 aromatic carbocycles. The molecule has 0 aliphatic rings. The highest BCUT2D eigenvalue weighted by molar-refractivity contribution is 7.45. The minimum atomic E-state index is -4.64. The number of hydrogen-bond donors (Lipinski definition) is 0. The number of hydrogen-bond acceptors (Lipinski definition) is 8. The highest BCUT2D eigenvalue weighted by atomic mass is 31.2. The number of likely N-dealkylation sites (N-methyl/N-ethyl adjacent to an activating group) is 1. The van der Waals surface area contributed by atoms with E-state index in [2.05, 4.69) is 86.8 Å². The second-order valence-corrected chi connectivity index (χ2v) is 21.7. The van der Waals surface area contributed by atoms with E-state index in [0.717, 1.165) is 89.9 Å². The van der Waals surface area contributed by atoms with E-state index in [1.54, 1.807) is 0 Å². The SMILES string of the molecule is CC/C=C\C/C=C\C/C=C\C/C=C\CCCCCCCCCCCCCCCCCCCCCCC(=O)OC(COC(=O)CCCCCCC/C=C\C/C=C\CCC)COP(=O)([O-])OCC[N+](C)(C)C. The lowest BCUT2D eigenvalue weighted by atomic mass is 10.0. The van der Waals surface area contributed by atoms with Crippen LogP contribution < -0.4 is 4.89 Å². The normalized spacial score (nSPS) is 13.9. The molecular formula is C60H108NO8P. The smallest absolute Gasteiger partial charge is 0.306 e. The molecule has 0 saturated carbocycles. The van der Waals surface area contributed by atoms with Crippen molar-refractivity contribution in [1.82, 2.24) is 0 Å². The van der Waals surface area contributed by atoms with Gasteiger partial charge in [-0.2, -0.15) is 0 Å². The maximum atomic E-state index is 12.8. The Balaban J connectivity index is 4.01. The van der Waals surface area contributed by atoms with Crippen LogP contribution in [0, 0.1) is 0 Å². The number of esters is 2. The van der Waals surface area contributed by atoms with Gasteiger partial charge in [0.15, 0.2) is 6.10 Å². The number of ether oxygens (including phenoxy) is 2. The number of quaternary nitrogens is 1. The van der Waals surface area contributed by atoms with Crippen LogP contribution in [0.2, 0.25) is 0 Å².